The number of ketones is 1. The summed E-state index contributed by atoms with van der Waals surface area (Å²) in [6, 6.07) is 15.8. The quantitative estimate of drug-likeness (QED) is 0.283. The van der Waals surface area contributed by atoms with Gasteiger partial charge in [-0.25, -0.2) is 4.68 Å². The molecule has 1 aromatic carbocycles. The van der Waals surface area contributed by atoms with E-state index in [1.54, 1.807) is 47.7 Å². The number of aliphatic hydroxyl groups excluding tert-OH is 1. The molecule has 1 N–H and O–H groups in total. The van der Waals surface area contributed by atoms with Crippen LogP contribution < -0.4 is 0 Å². The van der Waals surface area contributed by atoms with Gasteiger partial charge in [-0.15, -0.1) is 0 Å². The van der Waals surface area contributed by atoms with Crippen molar-refractivity contribution < 1.29 is 14.7 Å². The monoisotopic (exact) mass is 451 g/mol. The van der Waals surface area contributed by atoms with Crippen molar-refractivity contribution in [2.45, 2.75) is 19.5 Å². The zero-order valence-electron chi connectivity index (χ0n) is 18.4. The van der Waals surface area contributed by atoms with Crippen LogP contribution in [0.15, 0.2) is 91.2 Å². The Morgan fingerprint density at radius 1 is 0.941 bits per heavy atom. The molecule has 4 heterocycles. The Labute approximate surface area is 195 Å². The molecule has 1 aliphatic heterocycles. The Hall–Kier alpha value is -4.59. The minimum atomic E-state index is -0.775. The van der Waals surface area contributed by atoms with E-state index in [1.807, 2.05) is 43.3 Å². The second kappa shape index (κ2) is 8.74. The zero-order valence-corrected chi connectivity index (χ0v) is 18.4. The van der Waals surface area contributed by atoms with Crippen LogP contribution in [0.5, 0.6) is 0 Å². The summed E-state index contributed by atoms with van der Waals surface area (Å²) in [7, 11) is 0. The maximum Gasteiger partial charge on any atom is 0.295 e. The summed E-state index contributed by atoms with van der Waals surface area (Å²) in [5, 5.41) is 15.8. The molecule has 0 bridgehead atoms. The van der Waals surface area contributed by atoms with Crippen LogP contribution in [0.4, 0.5) is 0 Å². The van der Waals surface area contributed by atoms with Crippen molar-refractivity contribution in [3.05, 3.63) is 114 Å². The third kappa shape index (κ3) is 3.65. The maximum absolute atomic E-state index is 13.2. The lowest BCUT2D eigenvalue weighted by atomic mass is 9.96. The number of carbonyl (C=O) groups excluding carboxylic acids is 2. The highest BCUT2D eigenvalue weighted by atomic mass is 16.3. The second-order valence-electron chi connectivity index (χ2n) is 7.96. The standard InChI is InChI=1S/C26H21N5O3/c1-17-21(15-29-31(17)20-7-3-2-4-8-20)24(32)22-23(19-9-12-27-13-10-19)30(26(34)25(22)33)16-18-6-5-11-28-14-18/h2-15,23,32H,16H2,1H3/t23-/m0/s1. The van der Waals surface area contributed by atoms with Gasteiger partial charge in [0.15, 0.2) is 0 Å². The van der Waals surface area contributed by atoms with Gasteiger partial charge in [0, 0.05) is 31.3 Å². The van der Waals surface area contributed by atoms with Gasteiger partial charge in [-0.1, -0.05) is 24.3 Å². The third-order valence-electron chi connectivity index (χ3n) is 5.90. The van der Waals surface area contributed by atoms with E-state index in [-0.39, 0.29) is 17.9 Å². The van der Waals surface area contributed by atoms with Crippen molar-refractivity contribution in [2.24, 2.45) is 0 Å². The lowest BCUT2D eigenvalue weighted by Crippen LogP contribution is -2.29. The molecule has 0 unspecified atom stereocenters. The van der Waals surface area contributed by atoms with Crippen LogP contribution >= 0.6 is 0 Å². The molecule has 8 heteroatoms. The molecule has 5 rings (SSSR count). The summed E-state index contributed by atoms with van der Waals surface area (Å²) in [6.07, 6.45) is 7.99. The molecule has 1 fully saturated rings. The average molecular weight is 451 g/mol. The Morgan fingerprint density at radius 3 is 2.41 bits per heavy atom. The number of likely N-dealkylation sites (tertiary alicyclic amines) is 1. The number of nitrogens with zero attached hydrogens (tertiary/aromatic N) is 5. The molecule has 8 nitrogen and oxygen atoms in total. The van der Waals surface area contributed by atoms with E-state index in [2.05, 4.69) is 15.1 Å². The fourth-order valence-electron chi connectivity index (χ4n) is 4.24. The van der Waals surface area contributed by atoms with Gasteiger partial charge < -0.3 is 10.0 Å². The Balaban J connectivity index is 1.64. The van der Waals surface area contributed by atoms with Gasteiger partial charge in [0.05, 0.1) is 34.8 Å². The van der Waals surface area contributed by atoms with Crippen molar-refractivity contribution in [2.75, 3.05) is 0 Å². The SMILES string of the molecule is Cc1c(C(O)=C2C(=O)C(=O)N(Cc3cccnc3)[C@H]2c2ccncc2)cnn1-c1ccccc1. The van der Waals surface area contributed by atoms with Crippen molar-refractivity contribution in [3.63, 3.8) is 0 Å². The first kappa shape index (κ1) is 21.3. The average Bonchev–Trinajstić information content (AvgIpc) is 3.38. The second-order valence-corrected chi connectivity index (χ2v) is 7.96. The first-order valence-electron chi connectivity index (χ1n) is 10.7. The molecular weight excluding hydrogens is 430 g/mol. The first-order chi connectivity index (χ1) is 16.6. The summed E-state index contributed by atoms with van der Waals surface area (Å²) in [5.41, 5.74) is 3.33. The van der Waals surface area contributed by atoms with E-state index in [0.29, 0.717) is 16.8 Å². The van der Waals surface area contributed by atoms with Gasteiger partial charge in [-0.2, -0.15) is 5.10 Å². The minimum Gasteiger partial charge on any atom is -0.507 e. The van der Waals surface area contributed by atoms with E-state index < -0.39 is 17.7 Å². The number of carbonyl (C=O) groups is 2. The molecule has 1 amide bonds. The molecule has 1 aliphatic rings. The highest BCUT2D eigenvalue weighted by molar-refractivity contribution is 6.46. The van der Waals surface area contributed by atoms with Crippen LogP contribution in [0.25, 0.3) is 11.4 Å². The highest BCUT2D eigenvalue weighted by Crippen LogP contribution is 2.40. The van der Waals surface area contributed by atoms with Crippen molar-refractivity contribution >= 4 is 17.4 Å². The van der Waals surface area contributed by atoms with E-state index in [9.17, 15) is 14.7 Å². The zero-order chi connectivity index (χ0) is 23.7. The van der Waals surface area contributed by atoms with Gasteiger partial charge >= 0.3 is 0 Å². The molecule has 1 atom stereocenters. The molecule has 0 aliphatic carbocycles. The first-order valence-corrected chi connectivity index (χ1v) is 10.7. The van der Waals surface area contributed by atoms with Crippen molar-refractivity contribution in [3.8, 4) is 5.69 Å². The molecule has 4 aromatic rings. The Bertz CT molecular complexity index is 1380. The molecule has 0 spiro atoms. The van der Waals surface area contributed by atoms with E-state index >= 15 is 0 Å². The smallest absolute Gasteiger partial charge is 0.295 e. The van der Waals surface area contributed by atoms with Crippen LogP contribution in [0.1, 0.15) is 28.4 Å². The number of rotatable bonds is 5. The molecule has 168 valence electrons. The van der Waals surface area contributed by atoms with Gasteiger partial charge in [-0.05, 0) is 48.4 Å². The van der Waals surface area contributed by atoms with E-state index in [4.69, 9.17) is 0 Å². The number of hydrogen-bond donors (Lipinski definition) is 1. The predicted octanol–water partition coefficient (Wildman–Crippen LogP) is 3.59. The molecule has 3 aromatic heterocycles. The largest absolute Gasteiger partial charge is 0.507 e. The number of aliphatic hydroxyl groups is 1. The van der Waals surface area contributed by atoms with Gasteiger partial charge in [0.2, 0.25) is 0 Å². The topological polar surface area (TPSA) is 101 Å². The van der Waals surface area contributed by atoms with Crippen LogP contribution in [-0.2, 0) is 16.1 Å². The normalized spacial score (nSPS) is 17.3. The number of Topliss-reactive ketones (excluding diaryl/α,β-unsaturated/α-hetero) is 1. The molecule has 34 heavy (non-hydrogen) atoms. The Morgan fingerprint density at radius 2 is 1.71 bits per heavy atom. The third-order valence-corrected chi connectivity index (χ3v) is 5.90. The van der Waals surface area contributed by atoms with Gasteiger partial charge in [0.25, 0.3) is 11.7 Å². The number of para-hydroxylation sites is 1. The number of aromatic nitrogens is 4. The summed E-state index contributed by atoms with van der Waals surface area (Å²) in [4.78, 5) is 36.0. The van der Waals surface area contributed by atoms with Crippen LogP contribution in [-0.4, -0.2) is 41.4 Å². The van der Waals surface area contributed by atoms with Crippen molar-refractivity contribution in [1.29, 1.82) is 0 Å². The number of pyridine rings is 2. The fraction of sp³-hybridized carbons (Fsp3) is 0.115. The molecular formula is C26H21N5O3. The fourth-order valence-corrected chi connectivity index (χ4v) is 4.24. The Kier molecular flexibility index (Phi) is 5.47. The summed E-state index contributed by atoms with van der Waals surface area (Å²) in [5.74, 6) is -1.68. The van der Waals surface area contributed by atoms with Crippen LogP contribution in [0.3, 0.4) is 0 Å². The molecule has 1 saturated heterocycles. The van der Waals surface area contributed by atoms with Crippen LogP contribution in [0, 0.1) is 6.92 Å². The molecule has 0 saturated carbocycles. The molecule has 0 radical (unpaired) electrons. The summed E-state index contributed by atoms with van der Waals surface area (Å²) in [6.45, 7) is 1.98. The van der Waals surface area contributed by atoms with Crippen LogP contribution in [0.2, 0.25) is 0 Å². The number of benzene rings is 1. The summed E-state index contributed by atoms with van der Waals surface area (Å²) < 4.78 is 1.68. The highest BCUT2D eigenvalue weighted by Gasteiger charge is 2.46. The summed E-state index contributed by atoms with van der Waals surface area (Å²) >= 11 is 0. The van der Waals surface area contributed by atoms with E-state index in [0.717, 1.165) is 11.3 Å². The predicted molar refractivity (Wildman–Crippen MR) is 125 cm³/mol. The lowest BCUT2D eigenvalue weighted by Gasteiger charge is -2.25. The van der Waals surface area contributed by atoms with Crippen molar-refractivity contribution in [1.82, 2.24) is 24.6 Å². The maximum atomic E-state index is 13.2. The van der Waals surface area contributed by atoms with Gasteiger partial charge in [0.1, 0.15) is 5.76 Å². The number of hydrogen-bond acceptors (Lipinski definition) is 6. The number of amides is 1. The van der Waals surface area contributed by atoms with E-state index in [1.165, 1.54) is 11.1 Å². The lowest BCUT2D eigenvalue weighted by molar-refractivity contribution is -0.140. The van der Waals surface area contributed by atoms with Gasteiger partial charge in [-0.3, -0.25) is 19.6 Å². The minimum absolute atomic E-state index is 0.0239.